The lowest BCUT2D eigenvalue weighted by atomic mass is 10.0. The number of likely N-dealkylation sites (tertiary alicyclic amines) is 1. The van der Waals surface area contributed by atoms with Crippen LogP contribution < -0.4 is 5.32 Å². The van der Waals surface area contributed by atoms with Crippen molar-refractivity contribution < 1.29 is 9.59 Å². The van der Waals surface area contributed by atoms with Gasteiger partial charge in [0.25, 0.3) is 0 Å². The first-order chi connectivity index (χ1) is 7.59. The van der Waals surface area contributed by atoms with E-state index in [1.165, 1.54) is 0 Å². The number of hydrogen-bond acceptors (Lipinski definition) is 2. The smallest absolute Gasteiger partial charge is 0.245 e. The van der Waals surface area contributed by atoms with E-state index in [1.807, 2.05) is 4.90 Å². The fourth-order valence-electron chi connectivity index (χ4n) is 2.76. The lowest BCUT2D eigenvalue weighted by molar-refractivity contribution is -0.135. The van der Waals surface area contributed by atoms with Gasteiger partial charge in [-0.25, -0.2) is 0 Å². The zero-order valence-electron chi connectivity index (χ0n) is 10.0. The Labute approximate surface area is 96.4 Å². The molecule has 0 spiro atoms. The van der Waals surface area contributed by atoms with Gasteiger partial charge in [0.05, 0.1) is 0 Å². The van der Waals surface area contributed by atoms with Gasteiger partial charge in [-0.05, 0) is 25.2 Å². The number of nitrogens with zero attached hydrogens (tertiary/aromatic N) is 1. The first-order valence-electron chi connectivity index (χ1n) is 6.19. The summed E-state index contributed by atoms with van der Waals surface area (Å²) in [7, 11) is 0. The predicted octanol–water partition coefficient (Wildman–Crippen LogP) is 0.912. The fraction of sp³-hybridized carbons (Fsp3) is 0.833. The van der Waals surface area contributed by atoms with Gasteiger partial charge in [0.2, 0.25) is 11.8 Å². The molecule has 0 aromatic heterocycles. The lowest BCUT2D eigenvalue weighted by Gasteiger charge is -2.29. The zero-order chi connectivity index (χ0) is 11.7. The Kier molecular flexibility index (Phi) is 3.17. The van der Waals surface area contributed by atoms with E-state index in [0.29, 0.717) is 24.8 Å². The van der Waals surface area contributed by atoms with Crippen LogP contribution in [0.5, 0.6) is 0 Å². The first-order valence-corrected chi connectivity index (χ1v) is 6.19. The average molecular weight is 224 g/mol. The van der Waals surface area contributed by atoms with E-state index in [1.54, 1.807) is 0 Å². The van der Waals surface area contributed by atoms with Crippen molar-refractivity contribution in [1.82, 2.24) is 10.2 Å². The van der Waals surface area contributed by atoms with Crippen LogP contribution in [0.1, 0.15) is 39.5 Å². The molecule has 1 N–H and O–H groups in total. The number of nitrogens with one attached hydrogen (secondary N) is 1. The number of hydrogen-bond donors (Lipinski definition) is 1. The van der Waals surface area contributed by atoms with Gasteiger partial charge in [0.1, 0.15) is 6.04 Å². The van der Waals surface area contributed by atoms with E-state index >= 15 is 0 Å². The Hall–Kier alpha value is -1.06. The summed E-state index contributed by atoms with van der Waals surface area (Å²) in [4.78, 5) is 25.3. The largest absolute Gasteiger partial charge is 0.344 e. The van der Waals surface area contributed by atoms with Crippen LogP contribution in [0.3, 0.4) is 0 Å². The molecule has 2 atom stereocenters. The van der Waals surface area contributed by atoms with Crippen LogP contribution in [-0.4, -0.2) is 35.3 Å². The second-order valence-corrected chi connectivity index (χ2v) is 5.14. The Bertz CT molecular complexity index is 301. The summed E-state index contributed by atoms with van der Waals surface area (Å²) >= 11 is 0. The molecule has 2 amide bonds. The Balaban J connectivity index is 2.01. The van der Waals surface area contributed by atoms with Gasteiger partial charge >= 0.3 is 0 Å². The summed E-state index contributed by atoms with van der Waals surface area (Å²) in [6.07, 6.45) is 3.36. The summed E-state index contributed by atoms with van der Waals surface area (Å²) < 4.78 is 0. The van der Waals surface area contributed by atoms with Crippen molar-refractivity contribution in [2.45, 2.75) is 51.6 Å². The quantitative estimate of drug-likeness (QED) is 0.758. The van der Waals surface area contributed by atoms with Crippen LogP contribution in [0, 0.1) is 5.92 Å². The second kappa shape index (κ2) is 4.44. The van der Waals surface area contributed by atoms with E-state index in [-0.39, 0.29) is 17.9 Å². The summed E-state index contributed by atoms with van der Waals surface area (Å²) in [6, 6.07) is 0.108. The standard InChI is InChI=1S/C12H20N2O2/c1-8(2)10-4-3-7-14(10)12(16)9-5-6-11(15)13-9/h8-10H,3-7H2,1-2H3,(H,13,15). The monoisotopic (exact) mass is 224 g/mol. The molecule has 4 heteroatoms. The Morgan fingerprint density at radius 2 is 2.19 bits per heavy atom. The van der Waals surface area contributed by atoms with Crippen molar-refractivity contribution in [3.63, 3.8) is 0 Å². The van der Waals surface area contributed by atoms with Crippen LogP contribution in [-0.2, 0) is 9.59 Å². The fourth-order valence-corrected chi connectivity index (χ4v) is 2.76. The van der Waals surface area contributed by atoms with E-state index in [0.717, 1.165) is 19.4 Å². The highest BCUT2D eigenvalue weighted by molar-refractivity contribution is 5.91. The van der Waals surface area contributed by atoms with Crippen molar-refractivity contribution >= 4 is 11.8 Å². The molecule has 90 valence electrons. The van der Waals surface area contributed by atoms with Gasteiger partial charge in [0.15, 0.2) is 0 Å². The van der Waals surface area contributed by atoms with Crippen LogP contribution in [0.15, 0.2) is 0 Å². The molecule has 0 aromatic carbocycles. The molecule has 2 rings (SSSR count). The minimum atomic E-state index is -0.258. The maximum absolute atomic E-state index is 12.2. The minimum Gasteiger partial charge on any atom is -0.344 e. The highest BCUT2D eigenvalue weighted by atomic mass is 16.2. The summed E-state index contributed by atoms with van der Waals surface area (Å²) in [5, 5.41) is 2.76. The van der Waals surface area contributed by atoms with Gasteiger partial charge < -0.3 is 10.2 Å². The highest BCUT2D eigenvalue weighted by Crippen LogP contribution is 2.25. The van der Waals surface area contributed by atoms with E-state index < -0.39 is 0 Å². The topological polar surface area (TPSA) is 49.4 Å². The molecule has 0 radical (unpaired) electrons. The van der Waals surface area contributed by atoms with Gasteiger partial charge in [-0.3, -0.25) is 9.59 Å². The molecular weight excluding hydrogens is 204 g/mol. The number of rotatable bonds is 2. The molecule has 0 aromatic rings. The maximum atomic E-state index is 12.2. The summed E-state index contributed by atoms with van der Waals surface area (Å²) in [5.74, 6) is 0.643. The number of carbonyl (C=O) groups excluding carboxylic acids is 2. The zero-order valence-corrected chi connectivity index (χ0v) is 10.0. The van der Waals surface area contributed by atoms with Crippen LogP contribution in [0.25, 0.3) is 0 Å². The molecular formula is C12H20N2O2. The van der Waals surface area contributed by atoms with E-state index in [4.69, 9.17) is 0 Å². The molecule has 2 fully saturated rings. The van der Waals surface area contributed by atoms with Crippen LogP contribution >= 0.6 is 0 Å². The van der Waals surface area contributed by atoms with Gasteiger partial charge in [-0.2, -0.15) is 0 Å². The molecule has 2 unspecified atom stereocenters. The minimum absolute atomic E-state index is 0.0126. The SMILES string of the molecule is CC(C)C1CCCN1C(=O)C1CCC(=O)N1. The predicted molar refractivity (Wildman–Crippen MR) is 60.7 cm³/mol. The summed E-state index contributed by atoms with van der Waals surface area (Å²) in [5.41, 5.74) is 0. The van der Waals surface area contributed by atoms with Gasteiger partial charge in [-0.15, -0.1) is 0 Å². The van der Waals surface area contributed by atoms with Crippen molar-refractivity contribution in [3.8, 4) is 0 Å². The van der Waals surface area contributed by atoms with E-state index in [9.17, 15) is 9.59 Å². The van der Waals surface area contributed by atoms with Crippen molar-refractivity contribution in [2.24, 2.45) is 5.92 Å². The third-order valence-electron chi connectivity index (χ3n) is 3.65. The normalized spacial score (nSPS) is 29.9. The lowest BCUT2D eigenvalue weighted by Crippen LogP contribution is -2.47. The van der Waals surface area contributed by atoms with Gasteiger partial charge in [0, 0.05) is 19.0 Å². The highest BCUT2D eigenvalue weighted by Gasteiger charge is 2.37. The van der Waals surface area contributed by atoms with Crippen molar-refractivity contribution in [1.29, 1.82) is 0 Å². The number of amides is 2. The second-order valence-electron chi connectivity index (χ2n) is 5.14. The van der Waals surface area contributed by atoms with E-state index in [2.05, 4.69) is 19.2 Å². The summed E-state index contributed by atoms with van der Waals surface area (Å²) in [6.45, 7) is 5.17. The first kappa shape index (κ1) is 11.4. The average Bonchev–Trinajstić information content (AvgIpc) is 2.84. The molecule has 4 nitrogen and oxygen atoms in total. The molecule has 0 saturated carbocycles. The number of carbonyl (C=O) groups is 2. The van der Waals surface area contributed by atoms with Crippen molar-refractivity contribution in [3.05, 3.63) is 0 Å². The molecule has 16 heavy (non-hydrogen) atoms. The van der Waals surface area contributed by atoms with Crippen molar-refractivity contribution in [2.75, 3.05) is 6.54 Å². The van der Waals surface area contributed by atoms with Crippen LogP contribution in [0.4, 0.5) is 0 Å². The maximum Gasteiger partial charge on any atom is 0.245 e. The molecule has 0 bridgehead atoms. The molecule has 2 aliphatic rings. The Morgan fingerprint density at radius 1 is 1.44 bits per heavy atom. The van der Waals surface area contributed by atoms with Crippen LogP contribution in [0.2, 0.25) is 0 Å². The Morgan fingerprint density at radius 3 is 2.75 bits per heavy atom. The van der Waals surface area contributed by atoms with Gasteiger partial charge in [-0.1, -0.05) is 13.8 Å². The third-order valence-corrected chi connectivity index (χ3v) is 3.65. The molecule has 2 heterocycles. The molecule has 2 aliphatic heterocycles. The third kappa shape index (κ3) is 2.06. The molecule has 2 saturated heterocycles. The molecule has 0 aliphatic carbocycles.